The van der Waals surface area contributed by atoms with E-state index < -0.39 is 5.97 Å². The van der Waals surface area contributed by atoms with E-state index in [1.54, 1.807) is 0 Å². The Hall–Kier alpha value is -1.59. The topological polar surface area (TPSA) is 59.0 Å². The standard InChI is InChI=1S/C15H19NO4/c17-15(18)9-11-10-19-8-6-16(11)13-5-7-20-14-4-2-1-3-12(13)14/h1-4,11,13H,5-10H2,(H,17,18). The highest BCUT2D eigenvalue weighted by Crippen LogP contribution is 2.37. The van der Waals surface area contributed by atoms with Crippen LogP contribution < -0.4 is 4.74 Å². The number of para-hydroxylation sites is 1. The highest BCUT2D eigenvalue weighted by Gasteiger charge is 2.34. The summed E-state index contributed by atoms with van der Waals surface area (Å²) in [4.78, 5) is 13.3. The average molecular weight is 277 g/mol. The van der Waals surface area contributed by atoms with Crippen molar-refractivity contribution in [1.29, 1.82) is 0 Å². The summed E-state index contributed by atoms with van der Waals surface area (Å²) in [5.41, 5.74) is 1.16. The zero-order chi connectivity index (χ0) is 13.9. The summed E-state index contributed by atoms with van der Waals surface area (Å²) in [6, 6.07) is 8.20. The van der Waals surface area contributed by atoms with Crippen LogP contribution in [-0.2, 0) is 9.53 Å². The third-order valence-electron chi connectivity index (χ3n) is 4.01. The van der Waals surface area contributed by atoms with E-state index in [-0.39, 0.29) is 18.5 Å². The molecule has 108 valence electrons. The Balaban J connectivity index is 1.85. The Kier molecular flexibility index (Phi) is 3.89. The van der Waals surface area contributed by atoms with Crippen LogP contribution >= 0.6 is 0 Å². The van der Waals surface area contributed by atoms with E-state index in [0.717, 1.165) is 24.3 Å². The van der Waals surface area contributed by atoms with Crippen molar-refractivity contribution in [3.63, 3.8) is 0 Å². The Morgan fingerprint density at radius 1 is 1.35 bits per heavy atom. The summed E-state index contributed by atoms with van der Waals surface area (Å²) >= 11 is 0. The van der Waals surface area contributed by atoms with Gasteiger partial charge in [-0.15, -0.1) is 0 Å². The van der Waals surface area contributed by atoms with Crippen molar-refractivity contribution in [3.05, 3.63) is 29.8 Å². The van der Waals surface area contributed by atoms with Gasteiger partial charge in [-0.1, -0.05) is 18.2 Å². The molecule has 1 N–H and O–H groups in total. The van der Waals surface area contributed by atoms with Gasteiger partial charge in [0.25, 0.3) is 0 Å². The summed E-state index contributed by atoms with van der Waals surface area (Å²) in [5.74, 6) is 0.148. The number of fused-ring (bicyclic) bond motifs is 1. The average Bonchev–Trinajstić information content (AvgIpc) is 2.47. The highest BCUT2D eigenvalue weighted by atomic mass is 16.5. The first kappa shape index (κ1) is 13.4. The Labute approximate surface area is 118 Å². The highest BCUT2D eigenvalue weighted by molar-refractivity contribution is 5.67. The van der Waals surface area contributed by atoms with Crippen molar-refractivity contribution < 1.29 is 19.4 Å². The maximum absolute atomic E-state index is 11.0. The molecule has 2 aliphatic rings. The van der Waals surface area contributed by atoms with Gasteiger partial charge in [0.15, 0.2) is 0 Å². The van der Waals surface area contributed by atoms with E-state index in [4.69, 9.17) is 14.6 Å². The largest absolute Gasteiger partial charge is 0.493 e. The van der Waals surface area contributed by atoms with E-state index >= 15 is 0 Å². The van der Waals surface area contributed by atoms with Gasteiger partial charge >= 0.3 is 5.97 Å². The summed E-state index contributed by atoms with van der Waals surface area (Å²) in [7, 11) is 0. The Morgan fingerprint density at radius 3 is 3.05 bits per heavy atom. The molecule has 2 unspecified atom stereocenters. The molecule has 0 radical (unpaired) electrons. The normalized spacial score (nSPS) is 26.6. The SMILES string of the molecule is O=C(O)CC1COCCN1C1CCOc2ccccc21. The fourth-order valence-electron chi connectivity index (χ4n) is 3.12. The molecule has 2 heterocycles. The molecule has 0 aromatic heterocycles. The van der Waals surface area contributed by atoms with Crippen LogP contribution in [0, 0.1) is 0 Å². The lowest BCUT2D eigenvalue weighted by molar-refractivity contribution is -0.141. The molecule has 1 aromatic rings. The number of aliphatic carboxylic acids is 1. The molecule has 0 aliphatic carbocycles. The molecule has 1 fully saturated rings. The van der Waals surface area contributed by atoms with Gasteiger partial charge in [-0.3, -0.25) is 9.69 Å². The first-order valence-corrected chi connectivity index (χ1v) is 7.02. The van der Waals surface area contributed by atoms with Crippen LogP contribution in [0.15, 0.2) is 24.3 Å². The second kappa shape index (κ2) is 5.81. The number of carboxylic acid groups (broad SMARTS) is 1. The van der Waals surface area contributed by atoms with Crippen LogP contribution in [0.3, 0.4) is 0 Å². The van der Waals surface area contributed by atoms with E-state index in [2.05, 4.69) is 11.0 Å². The van der Waals surface area contributed by atoms with Crippen molar-refractivity contribution in [1.82, 2.24) is 4.90 Å². The minimum absolute atomic E-state index is 0.0580. The monoisotopic (exact) mass is 277 g/mol. The summed E-state index contributed by atoms with van der Waals surface area (Å²) < 4.78 is 11.1. The van der Waals surface area contributed by atoms with Crippen molar-refractivity contribution in [3.8, 4) is 5.75 Å². The zero-order valence-corrected chi connectivity index (χ0v) is 11.3. The van der Waals surface area contributed by atoms with Crippen LogP contribution in [0.4, 0.5) is 0 Å². The lowest BCUT2D eigenvalue weighted by atomic mass is 9.96. The van der Waals surface area contributed by atoms with Crippen molar-refractivity contribution in [2.24, 2.45) is 0 Å². The zero-order valence-electron chi connectivity index (χ0n) is 11.3. The summed E-state index contributed by atoms with van der Waals surface area (Å²) in [6.45, 7) is 2.61. The first-order valence-electron chi connectivity index (χ1n) is 7.02. The number of ether oxygens (including phenoxy) is 2. The second-order valence-corrected chi connectivity index (χ2v) is 5.26. The molecule has 1 aromatic carbocycles. The molecule has 0 bridgehead atoms. The Morgan fingerprint density at radius 2 is 2.20 bits per heavy atom. The van der Waals surface area contributed by atoms with Gasteiger partial charge in [0.05, 0.1) is 26.2 Å². The number of carboxylic acids is 1. The van der Waals surface area contributed by atoms with Crippen LogP contribution in [0.1, 0.15) is 24.4 Å². The van der Waals surface area contributed by atoms with Crippen LogP contribution in [-0.4, -0.2) is 48.4 Å². The molecule has 0 amide bonds. The fourth-order valence-corrected chi connectivity index (χ4v) is 3.12. The van der Waals surface area contributed by atoms with Crippen LogP contribution in [0.2, 0.25) is 0 Å². The van der Waals surface area contributed by atoms with Gasteiger partial charge in [-0.2, -0.15) is 0 Å². The predicted molar refractivity (Wildman–Crippen MR) is 72.9 cm³/mol. The number of rotatable bonds is 3. The van der Waals surface area contributed by atoms with E-state index in [1.165, 1.54) is 0 Å². The third kappa shape index (κ3) is 2.64. The minimum atomic E-state index is -0.772. The van der Waals surface area contributed by atoms with Crippen molar-refractivity contribution in [2.45, 2.75) is 24.9 Å². The second-order valence-electron chi connectivity index (χ2n) is 5.26. The number of nitrogens with zero attached hydrogens (tertiary/aromatic N) is 1. The number of hydrogen-bond acceptors (Lipinski definition) is 4. The number of morpholine rings is 1. The number of carbonyl (C=O) groups is 1. The van der Waals surface area contributed by atoms with Gasteiger partial charge in [0.2, 0.25) is 0 Å². The summed E-state index contributed by atoms with van der Waals surface area (Å²) in [6.07, 6.45) is 1.02. The molecule has 0 saturated carbocycles. The molecule has 1 saturated heterocycles. The van der Waals surface area contributed by atoms with Gasteiger partial charge in [-0.05, 0) is 6.07 Å². The molecule has 5 heteroatoms. The molecule has 20 heavy (non-hydrogen) atoms. The molecular formula is C15H19NO4. The maximum Gasteiger partial charge on any atom is 0.305 e. The first-order chi connectivity index (χ1) is 9.75. The fraction of sp³-hybridized carbons (Fsp3) is 0.533. The molecular weight excluding hydrogens is 258 g/mol. The van der Waals surface area contributed by atoms with Gasteiger partial charge in [0.1, 0.15) is 5.75 Å². The predicted octanol–water partition coefficient (Wildman–Crippen LogP) is 1.69. The Bertz CT molecular complexity index is 491. The molecule has 5 nitrogen and oxygen atoms in total. The number of benzene rings is 1. The lowest BCUT2D eigenvalue weighted by Crippen LogP contribution is -2.49. The van der Waals surface area contributed by atoms with E-state index in [1.807, 2.05) is 18.2 Å². The maximum atomic E-state index is 11.0. The molecule has 2 aliphatic heterocycles. The summed E-state index contributed by atoms with van der Waals surface area (Å²) in [5, 5.41) is 9.07. The van der Waals surface area contributed by atoms with Gasteiger partial charge < -0.3 is 14.6 Å². The number of hydrogen-bond donors (Lipinski definition) is 1. The van der Waals surface area contributed by atoms with Crippen LogP contribution in [0.25, 0.3) is 0 Å². The minimum Gasteiger partial charge on any atom is -0.493 e. The van der Waals surface area contributed by atoms with E-state index in [9.17, 15) is 4.79 Å². The van der Waals surface area contributed by atoms with E-state index in [0.29, 0.717) is 19.8 Å². The van der Waals surface area contributed by atoms with Crippen molar-refractivity contribution in [2.75, 3.05) is 26.4 Å². The quantitative estimate of drug-likeness (QED) is 0.911. The van der Waals surface area contributed by atoms with Crippen molar-refractivity contribution >= 4 is 5.97 Å². The third-order valence-corrected chi connectivity index (χ3v) is 4.01. The van der Waals surface area contributed by atoms with Gasteiger partial charge in [-0.25, -0.2) is 0 Å². The molecule has 2 atom stereocenters. The smallest absolute Gasteiger partial charge is 0.305 e. The lowest BCUT2D eigenvalue weighted by Gasteiger charge is -2.42. The van der Waals surface area contributed by atoms with Gasteiger partial charge in [0, 0.05) is 30.6 Å². The van der Waals surface area contributed by atoms with Crippen LogP contribution in [0.5, 0.6) is 5.75 Å². The molecule has 3 rings (SSSR count). The molecule has 0 spiro atoms.